The zero-order valence-corrected chi connectivity index (χ0v) is 15.8. The molecule has 28 heavy (non-hydrogen) atoms. The zero-order chi connectivity index (χ0) is 20.4. The third-order valence-corrected chi connectivity index (χ3v) is 6.01. The molecule has 2 amide bonds. The molecule has 3 rings (SSSR count). The number of rotatable bonds is 3. The number of nitrogens with zero attached hydrogens (tertiary/aromatic N) is 2. The predicted octanol–water partition coefficient (Wildman–Crippen LogP) is 3.53. The second-order valence-corrected chi connectivity index (χ2v) is 7.61. The number of benzene rings is 1. The Morgan fingerprint density at radius 1 is 1.07 bits per heavy atom. The van der Waals surface area contributed by atoms with Crippen molar-refractivity contribution in [3.05, 3.63) is 48.6 Å². The molecular formula is C21H25F3N2O2. The Labute approximate surface area is 163 Å². The normalized spacial score (nSPS) is 22.6. The van der Waals surface area contributed by atoms with E-state index in [2.05, 4.69) is 6.58 Å². The minimum atomic E-state index is -4.29. The summed E-state index contributed by atoms with van der Waals surface area (Å²) in [4.78, 5) is 28.5. The quantitative estimate of drug-likeness (QED) is 0.736. The molecule has 1 aromatic carbocycles. The largest absolute Gasteiger partial charge is 0.393 e. The molecule has 152 valence electrons. The zero-order valence-electron chi connectivity index (χ0n) is 15.8. The van der Waals surface area contributed by atoms with Crippen molar-refractivity contribution in [3.63, 3.8) is 0 Å². The number of carbonyl (C=O) groups excluding carboxylic acids is 2. The maximum Gasteiger partial charge on any atom is 0.393 e. The maximum absolute atomic E-state index is 13.5. The van der Waals surface area contributed by atoms with Gasteiger partial charge in [0, 0.05) is 26.2 Å². The fourth-order valence-electron chi connectivity index (χ4n) is 4.35. The van der Waals surface area contributed by atoms with Gasteiger partial charge in [0.05, 0.1) is 11.3 Å². The van der Waals surface area contributed by atoms with Gasteiger partial charge in [-0.2, -0.15) is 13.2 Å². The summed E-state index contributed by atoms with van der Waals surface area (Å²) in [5.41, 5.74) is -0.0907. The fourth-order valence-corrected chi connectivity index (χ4v) is 4.35. The first-order valence-corrected chi connectivity index (χ1v) is 9.61. The first kappa shape index (κ1) is 20.4. The molecule has 2 saturated heterocycles. The standard InChI is InChI=1S/C21H25F3N2O2/c1-2-18(27)25-13-10-20(11-14-25,16-7-4-3-5-8-16)19(28)26-12-6-9-17(15-26)21(22,23)24/h2-5,7-8,17H,1,6,9-15H2. The van der Waals surface area contributed by atoms with Crippen LogP contribution < -0.4 is 0 Å². The van der Waals surface area contributed by atoms with Crippen molar-refractivity contribution in [1.29, 1.82) is 0 Å². The molecule has 2 aliphatic rings. The number of hydrogen-bond acceptors (Lipinski definition) is 2. The highest BCUT2D eigenvalue weighted by molar-refractivity contribution is 5.90. The van der Waals surface area contributed by atoms with E-state index in [0.29, 0.717) is 38.9 Å². The first-order valence-electron chi connectivity index (χ1n) is 9.61. The van der Waals surface area contributed by atoms with Crippen LogP contribution >= 0.6 is 0 Å². The average Bonchev–Trinajstić information content (AvgIpc) is 2.73. The van der Waals surface area contributed by atoms with Gasteiger partial charge in [-0.15, -0.1) is 0 Å². The lowest BCUT2D eigenvalue weighted by molar-refractivity contribution is -0.189. The molecule has 2 aliphatic heterocycles. The van der Waals surface area contributed by atoms with Gasteiger partial charge in [-0.1, -0.05) is 36.9 Å². The fraction of sp³-hybridized carbons (Fsp3) is 0.524. The van der Waals surface area contributed by atoms with Gasteiger partial charge >= 0.3 is 6.18 Å². The van der Waals surface area contributed by atoms with Gasteiger partial charge in [0.15, 0.2) is 0 Å². The molecule has 1 aromatic rings. The van der Waals surface area contributed by atoms with Crippen LogP contribution in [-0.2, 0) is 15.0 Å². The molecule has 1 atom stereocenters. The summed E-state index contributed by atoms with van der Waals surface area (Å²) < 4.78 is 39.7. The van der Waals surface area contributed by atoms with Crippen LogP contribution in [0.4, 0.5) is 13.2 Å². The van der Waals surface area contributed by atoms with E-state index < -0.39 is 17.5 Å². The minimum absolute atomic E-state index is 0.0627. The molecule has 4 nitrogen and oxygen atoms in total. The molecule has 0 spiro atoms. The third kappa shape index (κ3) is 3.93. The average molecular weight is 394 g/mol. The Kier molecular flexibility index (Phi) is 5.82. The number of likely N-dealkylation sites (tertiary alicyclic amines) is 2. The topological polar surface area (TPSA) is 40.6 Å². The van der Waals surface area contributed by atoms with E-state index in [1.807, 2.05) is 30.3 Å². The number of amides is 2. The molecule has 0 N–H and O–H groups in total. The summed E-state index contributed by atoms with van der Waals surface area (Å²) >= 11 is 0. The second-order valence-electron chi connectivity index (χ2n) is 7.61. The molecule has 0 aromatic heterocycles. The van der Waals surface area contributed by atoms with Crippen LogP contribution in [0, 0.1) is 5.92 Å². The van der Waals surface area contributed by atoms with E-state index in [4.69, 9.17) is 0 Å². The molecule has 0 saturated carbocycles. The van der Waals surface area contributed by atoms with E-state index in [1.165, 1.54) is 11.0 Å². The Balaban J connectivity index is 1.87. The Morgan fingerprint density at radius 3 is 2.29 bits per heavy atom. The van der Waals surface area contributed by atoms with Crippen LogP contribution in [0.5, 0.6) is 0 Å². The maximum atomic E-state index is 13.5. The van der Waals surface area contributed by atoms with E-state index in [-0.39, 0.29) is 24.8 Å². The Morgan fingerprint density at radius 2 is 1.71 bits per heavy atom. The van der Waals surface area contributed by atoms with Crippen LogP contribution in [0.3, 0.4) is 0 Å². The minimum Gasteiger partial charge on any atom is -0.341 e. The molecule has 0 radical (unpaired) electrons. The third-order valence-electron chi connectivity index (χ3n) is 6.01. The van der Waals surface area contributed by atoms with E-state index in [9.17, 15) is 22.8 Å². The summed E-state index contributed by atoms with van der Waals surface area (Å²) in [6, 6.07) is 9.22. The lowest BCUT2D eigenvalue weighted by Crippen LogP contribution is -2.56. The van der Waals surface area contributed by atoms with Crippen molar-refractivity contribution < 1.29 is 22.8 Å². The molecule has 7 heteroatoms. The molecule has 1 unspecified atom stereocenters. The summed E-state index contributed by atoms with van der Waals surface area (Å²) in [5, 5.41) is 0. The van der Waals surface area contributed by atoms with Crippen LogP contribution in [0.1, 0.15) is 31.2 Å². The first-order chi connectivity index (χ1) is 13.3. The van der Waals surface area contributed by atoms with Crippen molar-refractivity contribution in [1.82, 2.24) is 9.80 Å². The van der Waals surface area contributed by atoms with Gasteiger partial charge in [-0.3, -0.25) is 9.59 Å². The van der Waals surface area contributed by atoms with Gasteiger partial charge in [-0.05, 0) is 37.3 Å². The number of halogens is 3. The van der Waals surface area contributed by atoms with E-state index >= 15 is 0 Å². The van der Waals surface area contributed by atoms with Crippen LogP contribution in [0.15, 0.2) is 43.0 Å². The summed E-state index contributed by atoms with van der Waals surface area (Å²) in [6.45, 7) is 4.31. The number of carbonyl (C=O) groups is 2. The molecule has 0 aliphatic carbocycles. The number of hydrogen-bond donors (Lipinski definition) is 0. The van der Waals surface area contributed by atoms with Gasteiger partial charge in [0.25, 0.3) is 0 Å². The van der Waals surface area contributed by atoms with Gasteiger partial charge in [0.1, 0.15) is 0 Å². The van der Waals surface area contributed by atoms with Crippen molar-refractivity contribution in [2.24, 2.45) is 5.92 Å². The SMILES string of the molecule is C=CC(=O)N1CCC(C(=O)N2CCCC(C(F)(F)F)C2)(c2ccccc2)CC1. The van der Waals surface area contributed by atoms with Gasteiger partial charge in [-0.25, -0.2) is 0 Å². The highest BCUT2D eigenvalue weighted by atomic mass is 19.4. The van der Waals surface area contributed by atoms with Crippen molar-refractivity contribution in [2.45, 2.75) is 37.3 Å². The summed E-state index contributed by atoms with van der Waals surface area (Å²) in [7, 11) is 0. The van der Waals surface area contributed by atoms with E-state index in [1.54, 1.807) is 4.90 Å². The smallest absolute Gasteiger partial charge is 0.341 e. The van der Waals surface area contributed by atoms with Crippen LogP contribution in [0.25, 0.3) is 0 Å². The van der Waals surface area contributed by atoms with Gasteiger partial charge in [0.2, 0.25) is 11.8 Å². The predicted molar refractivity (Wildman–Crippen MR) is 99.5 cm³/mol. The molecule has 2 fully saturated rings. The highest BCUT2D eigenvalue weighted by Gasteiger charge is 2.49. The van der Waals surface area contributed by atoms with Crippen molar-refractivity contribution in [2.75, 3.05) is 26.2 Å². The summed E-state index contributed by atoms with van der Waals surface area (Å²) in [6.07, 6.45) is -1.85. The number of alkyl halides is 3. The monoisotopic (exact) mass is 394 g/mol. The van der Waals surface area contributed by atoms with Crippen molar-refractivity contribution in [3.8, 4) is 0 Å². The van der Waals surface area contributed by atoms with E-state index in [0.717, 1.165) is 5.56 Å². The molecule has 0 bridgehead atoms. The number of piperidine rings is 2. The lowest BCUT2D eigenvalue weighted by Gasteiger charge is -2.45. The Hall–Kier alpha value is -2.31. The lowest BCUT2D eigenvalue weighted by atomic mass is 9.71. The molecule has 2 heterocycles. The van der Waals surface area contributed by atoms with Crippen LogP contribution in [-0.4, -0.2) is 54.0 Å². The molecular weight excluding hydrogens is 369 g/mol. The Bertz CT molecular complexity index is 725. The summed E-state index contributed by atoms with van der Waals surface area (Å²) in [5.74, 6) is -1.91. The second kappa shape index (κ2) is 7.97. The highest BCUT2D eigenvalue weighted by Crippen LogP contribution is 2.40. The van der Waals surface area contributed by atoms with Crippen molar-refractivity contribution >= 4 is 11.8 Å². The van der Waals surface area contributed by atoms with Gasteiger partial charge < -0.3 is 9.80 Å². The van der Waals surface area contributed by atoms with Crippen LogP contribution in [0.2, 0.25) is 0 Å².